The average Bonchev–Trinajstić information content (AvgIpc) is 3.01. The summed E-state index contributed by atoms with van der Waals surface area (Å²) in [6.07, 6.45) is 1.69. The van der Waals surface area contributed by atoms with Crippen LogP contribution in [0.15, 0.2) is 84.9 Å². The van der Waals surface area contributed by atoms with Crippen molar-refractivity contribution in [2.24, 2.45) is 7.05 Å². The van der Waals surface area contributed by atoms with E-state index in [0.29, 0.717) is 5.56 Å². The number of benzene rings is 3. The molecule has 1 heterocycles. The third-order valence-corrected chi connectivity index (χ3v) is 5.32. The molecule has 3 heteroatoms. The van der Waals surface area contributed by atoms with Gasteiger partial charge < -0.3 is 9.88 Å². The van der Waals surface area contributed by atoms with Crippen LogP contribution in [0, 0.1) is 13.8 Å². The summed E-state index contributed by atoms with van der Waals surface area (Å²) in [6.45, 7) is 4.20. The summed E-state index contributed by atoms with van der Waals surface area (Å²) in [7, 11) is 2.07. The Morgan fingerprint density at radius 2 is 1.48 bits per heavy atom. The second-order valence-electron chi connectivity index (χ2n) is 7.35. The van der Waals surface area contributed by atoms with Gasteiger partial charge in [-0.15, -0.1) is 0 Å². The molecule has 29 heavy (non-hydrogen) atoms. The third-order valence-electron chi connectivity index (χ3n) is 5.32. The number of fused-ring (bicyclic) bond motifs is 1. The summed E-state index contributed by atoms with van der Waals surface area (Å²) in [5.74, 6) is -0.0228. The number of rotatable bonds is 5. The first kappa shape index (κ1) is 18.8. The first-order valence-corrected chi connectivity index (χ1v) is 9.73. The highest BCUT2D eigenvalue weighted by Gasteiger charge is 2.11. The van der Waals surface area contributed by atoms with Gasteiger partial charge >= 0.3 is 0 Å². The van der Waals surface area contributed by atoms with Crippen LogP contribution < -0.4 is 5.32 Å². The third kappa shape index (κ3) is 3.85. The highest BCUT2D eigenvalue weighted by molar-refractivity contribution is 6.09. The molecular weight excluding hydrogens is 356 g/mol. The Labute approximate surface area is 171 Å². The van der Waals surface area contributed by atoms with Crippen LogP contribution in [-0.2, 0) is 7.05 Å². The molecule has 0 amide bonds. The molecule has 144 valence electrons. The standard InChI is InChI=1S/C26H24N2O/c1-18-14-22-15-19(2)28(3)25(22)16-23(18)27-24(20-10-6-4-7-11-20)17-26(29)21-12-8-5-9-13-21/h4-17,27H,1-3H3. The Bertz CT molecular complexity index is 1200. The van der Waals surface area contributed by atoms with Gasteiger partial charge in [0.2, 0.25) is 0 Å². The molecule has 0 aliphatic carbocycles. The minimum absolute atomic E-state index is 0.0228. The molecule has 0 atom stereocenters. The summed E-state index contributed by atoms with van der Waals surface area (Å²) in [6, 6.07) is 25.8. The lowest BCUT2D eigenvalue weighted by Gasteiger charge is -2.15. The molecule has 0 unspecified atom stereocenters. The van der Waals surface area contributed by atoms with Crippen LogP contribution in [0.2, 0.25) is 0 Å². The van der Waals surface area contributed by atoms with Crippen molar-refractivity contribution >= 4 is 28.1 Å². The van der Waals surface area contributed by atoms with E-state index in [-0.39, 0.29) is 5.78 Å². The van der Waals surface area contributed by atoms with Crippen molar-refractivity contribution in [3.8, 4) is 0 Å². The Morgan fingerprint density at radius 1 is 0.862 bits per heavy atom. The number of carbonyl (C=O) groups is 1. The van der Waals surface area contributed by atoms with Gasteiger partial charge in [-0.2, -0.15) is 0 Å². The molecule has 0 spiro atoms. The largest absolute Gasteiger partial charge is 0.355 e. The first-order valence-electron chi connectivity index (χ1n) is 9.73. The van der Waals surface area contributed by atoms with E-state index in [2.05, 4.69) is 49.0 Å². The van der Waals surface area contributed by atoms with E-state index < -0.39 is 0 Å². The number of nitrogens with one attached hydrogen (secondary N) is 1. The van der Waals surface area contributed by atoms with Gasteiger partial charge in [0, 0.05) is 41.2 Å². The number of ketones is 1. The molecule has 1 aromatic heterocycles. The lowest BCUT2D eigenvalue weighted by atomic mass is 10.1. The average molecular weight is 380 g/mol. The molecule has 0 aliphatic heterocycles. The maximum absolute atomic E-state index is 12.9. The summed E-state index contributed by atoms with van der Waals surface area (Å²) >= 11 is 0. The van der Waals surface area contributed by atoms with Crippen molar-refractivity contribution < 1.29 is 4.79 Å². The number of aryl methyl sites for hydroxylation is 3. The number of allylic oxidation sites excluding steroid dienone is 1. The minimum Gasteiger partial charge on any atom is -0.355 e. The van der Waals surface area contributed by atoms with Crippen LogP contribution in [0.25, 0.3) is 16.6 Å². The van der Waals surface area contributed by atoms with Crippen LogP contribution in [0.4, 0.5) is 5.69 Å². The smallest absolute Gasteiger partial charge is 0.187 e. The minimum atomic E-state index is -0.0228. The quantitative estimate of drug-likeness (QED) is 0.334. The monoisotopic (exact) mass is 380 g/mol. The topological polar surface area (TPSA) is 34.0 Å². The van der Waals surface area contributed by atoms with Crippen molar-refractivity contribution in [2.75, 3.05) is 5.32 Å². The van der Waals surface area contributed by atoms with Gasteiger partial charge in [0.25, 0.3) is 0 Å². The Morgan fingerprint density at radius 3 is 2.14 bits per heavy atom. The zero-order valence-corrected chi connectivity index (χ0v) is 16.9. The van der Waals surface area contributed by atoms with E-state index in [9.17, 15) is 4.79 Å². The maximum atomic E-state index is 12.9. The second-order valence-corrected chi connectivity index (χ2v) is 7.35. The molecule has 0 bridgehead atoms. The number of hydrogen-bond acceptors (Lipinski definition) is 2. The number of anilines is 1. The van der Waals surface area contributed by atoms with Crippen LogP contribution in [0.3, 0.4) is 0 Å². The Balaban J connectivity index is 1.78. The number of carbonyl (C=O) groups excluding carboxylic acids is 1. The summed E-state index contributed by atoms with van der Waals surface area (Å²) in [5, 5.41) is 4.74. The SMILES string of the molecule is Cc1cc2cc(C)n(C)c2cc1NC(=CC(=O)c1ccccc1)c1ccccc1. The molecular formula is C26H24N2O. The highest BCUT2D eigenvalue weighted by Crippen LogP contribution is 2.28. The molecule has 4 rings (SSSR count). The maximum Gasteiger partial charge on any atom is 0.187 e. The first-order chi connectivity index (χ1) is 14.0. The molecule has 3 aromatic carbocycles. The van der Waals surface area contributed by atoms with Gasteiger partial charge in [0.05, 0.1) is 5.52 Å². The highest BCUT2D eigenvalue weighted by atomic mass is 16.1. The van der Waals surface area contributed by atoms with Gasteiger partial charge in [-0.1, -0.05) is 60.7 Å². The van der Waals surface area contributed by atoms with Crippen molar-refractivity contribution in [3.63, 3.8) is 0 Å². The van der Waals surface area contributed by atoms with Crippen molar-refractivity contribution in [1.29, 1.82) is 0 Å². The van der Waals surface area contributed by atoms with E-state index in [1.54, 1.807) is 6.08 Å². The van der Waals surface area contributed by atoms with E-state index in [1.807, 2.05) is 60.7 Å². The second kappa shape index (κ2) is 7.80. The summed E-state index contributed by atoms with van der Waals surface area (Å²) in [4.78, 5) is 12.9. The van der Waals surface area contributed by atoms with E-state index >= 15 is 0 Å². The lowest BCUT2D eigenvalue weighted by molar-refractivity contribution is 0.104. The zero-order chi connectivity index (χ0) is 20.4. The molecule has 1 N–H and O–H groups in total. The number of nitrogens with zero attached hydrogens (tertiary/aromatic N) is 1. The van der Waals surface area contributed by atoms with E-state index in [0.717, 1.165) is 28.0 Å². The molecule has 4 aromatic rings. The fraction of sp³-hybridized carbons (Fsp3) is 0.115. The summed E-state index contributed by atoms with van der Waals surface area (Å²) < 4.78 is 2.18. The molecule has 0 fully saturated rings. The Kier molecular flexibility index (Phi) is 5.05. The van der Waals surface area contributed by atoms with E-state index in [4.69, 9.17) is 0 Å². The van der Waals surface area contributed by atoms with Crippen LogP contribution in [0.1, 0.15) is 27.2 Å². The van der Waals surface area contributed by atoms with Gasteiger partial charge in [-0.3, -0.25) is 4.79 Å². The van der Waals surface area contributed by atoms with Crippen LogP contribution >= 0.6 is 0 Å². The van der Waals surface area contributed by atoms with Gasteiger partial charge in [0.15, 0.2) is 5.78 Å². The predicted octanol–water partition coefficient (Wildman–Crippen LogP) is 6.13. The van der Waals surface area contributed by atoms with Crippen molar-refractivity contribution in [3.05, 3.63) is 107 Å². The summed E-state index contributed by atoms with van der Waals surface area (Å²) in [5.41, 5.74) is 6.94. The lowest BCUT2D eigenvalue weighted by Crippen LogP contribution is -2.05. The van der Waals surface area contributed by atoms with Crippen molar-refractivity contribution in [1.82, 2.24) is 4.57 Å². The number of aromatic nitrogens is 1. The van der Waals surface area contributed by atoms with Gasteiger partial charge in [-0.05, 0) is 43.2 Å². The fourth-order valence-electron chi connectivity index (χ4n) is 3.54. The molecule has 0 aliphatic rings. The molecule has 0 radical (unpaired) electrons. The van der Waals surface area contributed by atoms with Crippen molar-refractivity contribution in [2.45, 2.75) is 13.8 Å². The van der Waals surface area contributed by atoms with Gasteiger partial charge in [0.1, 0.15) is 0 Å². The molecule has 0 saturated heterocycles. The molecule has 3 nitrogen and oxygen atoms in total. The predicted molar refractivity (Wildman–Crippen MR) is 121 cm³/mol. The Hall–Kier alpha value is -3.59. The van der Waals surface area contributed by atoms with Gasteiger partial charge in [-0.25, -0.2) is 0 Å². The zero-order valence-electron chi connectivity index (χ0n) is 16.9. The van der Waals surface area contributed by atoms with E-state index in [1.165, 1.54) is 11.1 Å². The van der Waals surface area contributed by atoms with Crippen LogP contribution in [0.5, 0.6) is 0 Å². The normalized spacial score (nSPS) is 11.6. The fourth-order valence-corrected chi connectivity index (χ4v) is 3.54. The molecule has 0 saturated carbocycles. The number of hydrogen-bond donors (Lipinski definition) is 1. The van der Waals surface area contributed by atoms with Crippen LogP contribution in [-0.4, -0.2) is 10.4 Å².